The van der Waals surface area contributed by atoms with Gasteiger partial charge in [-0.25, -0.2) is 14.0 Å². The molecule has 1 N–H and O–H groups in total. The minimum atomic E-state index is -0.802. The second kappa shape index (κ2) is 6.91. The highest BCUT2D eigenvalue weighted by atomic mass is 19.1. The molecular weight excluding hydrogens is 305 g/mol. The van der Waals surface area contributed by atoms with E-state index in [1.807, 2.05) is 0 Å². The van der Waals surface area contributed by atoms with Gasteiger partial charge in [-0.1, -0.05) is 0 Å². The van der Waals surface area contributed by atoms with Crippen LogP contribution in [0.1, 0.15) is 20.8 Å². The van der Waals surface area contributed by atoms with Crippen molar-refractivity contribution in [2.75, 3.05) is 26.2 Å². The van der Waals surface area contributed by atoms with Gasteiger partial charge in [0.25, 0.3) is 4.92 Å². The van der Waals surface area contributed by atoms with Crippen molar-refractivity contribution in [1.82, 2.24) is 10.2 Å². The first-order chi connectivity index (χ1) is 10.8. The van der Waals surface area contributed by atoms with E-state index < -0.39 is 17.5 Å². The molecule has 8 heteroatoms. The molecule has 1 aliphatic heterocycles. The molecule has 1 heterocycles. The van der Waals surface area contributed by atoms with Crippen molar-refractivity contribution < 1.29 is 23.7 Å². The van der Waals surface area contributed by atoms with Crippen LogP contribution in [0.2, 0.25) is 0 Å². The van der Waals surface area contributed by atoms with Crippen LogP contribution in [0.15, 0.2) is 18.2 Å². The highest BCUT2D eigenvalue weighted by molar-refractivity contribution is 5.71. The predicted molar refractivity (Wildman–Crippen MR) is 81.0 cm³/mol. The standard InChI is InChI=1S/C15H21FN3O4/c1-15(2,3)23-19(21)11-4-5-13(12(16)10-11)22-14(20)18-8-6-17-7-9-18/h4-5,10,17H,6-9H2,1-3H3/q+1. The van der Waals surface area contributed by atoms with Gasteiger partial charge in [-0.05, 0) is 26.8 Å². The summed E-state index contributed by atoms with van der Waals surface area (Å²) in [6, 6.07) is 3.54. The van der Waals surface area contributed by atoms with Crippen molar-refractivity contribution in [3.8, 4) is 5.75 Å². The molecule has 1 fully saturated rings. The molecule has 2 rings (SSSR count). The molecule has 0 spiro atoms. The molecule has 0 aliphatic carbocycles. The van der Waals surface area contributed by atoms with Crippen molar-refractivity contribution >= 4 is 11.8 Å². The fourth-order valence-corrected chi connectivity index (χ4v) is 1.99. The van der Waals surface area contributed by atoms with Crippen LogP contribution >= 0.6 is 0 Å². The summed E-state index contributed by atoms with van der Waals surface area (Å²) in [7, 11) is 0. The van der Waals surface area contributed by atoms with Gasteiger partial charge >= 0.3 is 11.8 Å². The maximum absolute atomic E-state index is 14.0. The summed E-state index contributed by atoms with van der Waals surface area (Å²) < 4.78 is 19.1. The first-order valence-corrected chi connectivity index (χ1v) is 7.40. The van der Waals surface area contributed by atoms with Crippen LogP contribution < -0.4 is 10.1 Å². The highest BCUT2D eigenvalue weighted by Crippen LogP contribution is 2.25. The third kappa shape index (κ3) is 4.88. The van der Waals surface area contributed by atoms with Gasteiger partial charge in [-0.15, -0.1) is 0 Å². The van der Waals surface area contributed by atoms with Crippen molar-refractivity contribution in [3.05, 3.63) is 28.9 Å². The number of ether oxygens (including phenoxy) is 1. The van der Waals surface area contributed by atoms with Gasteiger partial charge in [0.2, 0.25) is 0 Å². The molecule has 0 saturated carbocycles. The van der Waals surface area contributed by atoms with E-state index in [1.54, 1.807) is 20.8 Å². The minimum Gasteiger partial charge on any atom is -0.407 e. The molecule has 0 aromatic heterocycles. The lowest BCUT2D eigenvalue weighted by Gasteiger charge is -2.26. The number of carbonyl (C=O) groups excluding carboxylic acids is 1. The number of benzene rings is 1. The zero-order chi connectivity index (χ0) is 17.0. The zero-order valence-corrected chi connectivity index (χ0v) is 13.5. The summed E-state index contributed by atoms with van der Waals surface area (Å²) in [6.07, 6.45) is -0.608. The molecule has 1 saturated heterocycles. The maximum atomic E-state index is 14.0. The van der Waals surface area contributed by atoms with E-state index in [2.05, 4.69) is 5.32 Å². The number of nitrogens with one attached hydrogen (secondary N) is 1. The van der Waals surface area contributed by atoms with Crippen LogP contribution in [0.3, 0.4) is 0 Å². The lowest BCUT2D eigenvalue weighted by Crippen LogP contribution is -2.47. The average molecular weight is 326 g/mol. The molecule has 0 bridgehead atoms. The molecule has 1 aliphatic rings. The number of hydrogen-bond acceptors (Lipinski definition) is 5. The number of carbonyl (C=O) groups is 1. The minimum absolute atomic E-state index is 0.0144. The lowest BCUT2D eigenvalue weighted by molar-refractivity contribution is -0.766. The van der Waals surface area contributed by atoms with Crippen molar-refractivity contribution in [2.45, 2.75) is 26.4 Å². The van der Waals surface area contributed by atoms with E-state index in [4.69, 9.17) is 9.57 Å². The SMILES string of the molecule is CC(C)(C)O[N+](=O)c1ccc(OC(=O)N2CCNCC2)c(F)c1. The Labute approximate surface area is 133 Å². The molecule has 0 radical (unpaired) electrons. The Kier molecular flexibility index (Phi) is 5.15. The molecule has 1 aromatic rings. The molecule has 1 amide bonds. The second-order valence-corrected chi connectivity index (χ2v) is 6.18. The number of hydrogen-bond donors (Lipinski definition) is 1. The zero-order valence-electron chi connectivity index (χ0n) is 13.5. The van der Waals surface area contributed by atoms with E-state index in [1.165, 1.54) is 17.0 Å². The smallest absolute Gasteiger partial charge is 0.407 e. The molecule has 0 unspecified atom stereocenters. The Bertz CT molecular complexity index is 595. The van der Waals surface area contributed by atoms with E-state index >= 15 is 0 Å². The predicted octanol–water partition coefficient (Wildman–Crippen LogP) is 2.37. The number of amides is 1. The fourth-order valence-electron chi connectivity index (χ4n) is 1.99. The number of halogens is 1. The first-order valence-electron chi connectivity index (χ1n) is 7.40. The summed E-state index contributed by atoms with van der Waals surface area (Å²) in [6.45, 7) is 7.48. The van der Waals surface area contributed by atoms with Gasteiger partial charge in [0.05, 0.1) is 11.0 Å². The summed E-state index contributed by atoms with van der Waals surface area (Å²) in [4.78, 5) is 30.6. The second-order valence-electron chi connectivity index (χ2n) is 6.18. The van der Waals surface area contributed by atoms with Crippen molar-refractivity contribution in [3.63, 3.8) is 0 Å². The Morgan fingerprint density at radius 1 is 1.30 bits per heavy atom. The number of nitrogens with zero attached hydrogens (tertiary/aromatic N) is 2. The van der Waals surface area contributed by atoms with Crippen LogP contribution in [0.25, 0.3) is 0 Å². The largest absolute Gasteiger partial charge is 0.415 e. The van der Waals surface area contributed by atoms with Gasteiger partial charge < -0.3 is 15.0 Å². The third-order valence-electron chi connectivity index (χ3n) is 3.06. The van der Waals surface area contributed by atoms with Crippen LogP contribution in [-0.4, -0.2) is 47.7 Å². The van der Waals surface area contributed by atoms with Crippen molar-refractivity contribution in [2.24, 2.45) is 0 Å². The van der Waals surface area contributed by atoms with E-state index in [0.717, 1.165) is 6.07 Å². The van der Waals surface area contributed by atoms with Crippen molar-refractivity contribution in [1.29, 1.82) is 0 Å². The fraction of sp³-hybridized carbons (Fsp3) is 0.533. The van der Waals surface area contributed by atoms with Crippen LogP contribution in [0, 0.1) is 10.7 Å². The van der Waals surface area contributed by atoms with E-state index in [0.29, 0.717) is 26.2 Å². The average Bonchev–Trinajstić information content (AvgIpc) is 2.48. The summed E-state index contributed by atoms with van der Waals surface area (Å²) in [5.41, 5.74) is -0.717. The topological polar surface area (TPSA) is 70.9 Å². The normalized spacial score (nSPS) is 15.2. The summed E-state index contributed by atoms with van der Waals surface area (Å²) >= 11 is 0. The third-order valence-corrected chi connectivity index (χ3v) is 3.06. The Morgan fingerprint density at radius 2 is 1.96 bits per heavy atom. The monoisotopic (exact) mass is 326 g/mol. The van der Waals surface area contributed by atoms with Crippen LogP contribution in [-0.2, 0) is 4.84 Å². The van der Waals surface area contributed by atoms with Gasteiger partial charge in [-0.3, -0.25) is 0 Å². The van der Waals surface area contributed by atoms with Crippen LogP contribution in [0.4, 0.5) is 14.9 Å². The Balaban J connectivity index is 2.04. The number of rotatable bonds is 3. The first kappa shape index (κ1) is 17.1. The quantitative estimate of drug-likeness (QED) is 0.864. The maximum Gasteiger partial charge on any atom is 0.415 e. The highest BCUT2D eigenvalue weighted by Gasteiger charge is 2.27. The van der Waals surface area contributed by atoms with E-state index in [9.17, 15) is 14.1 Å². The molecule has 7 nitrogen and oxygen atoms in total. The molecule has 126 valence electrons. The Morgan fingerprint density at radius 3 is 2.52 bits per heavy atom. The number of piperazine rings is 1. The lowest BCUT2D eigenvalue weighted by atomic mass is 10.2. The molecule has 23 heavy (non-hydrogen) atoms. The van der Waals surface area contributed by atoms with E-state index in [-0.39, 0.29) is 16.4 Å². The molecule has 0 atom stereocenters. The van der Waals surface area contributed by atoms with Gasteiger partial charge in [0.1, 0.15) is 0 Å². The summed E-state index contributed by atoms with van der Waals surface area (Å²) in [5.74, 6) is -1.02. The Hall–Kier alpha value is -2.22. The summed E-state index contributed by atoms with van der Waals surface area (Å²) in [5, 5.41) is 3.11. The van der Waals surface area contributed by atoms with Gasteiger partial charge in [0.15, 0.2) is 17.2 Å². The molecular formula is C15H21FN3O4+. The van der Waals surface area contributed by atoms with Gasteiger partial charge in [-0.2, -0.15) is 0 Å². The molecule has 1 aromatic carbocycles. The van der Waals surface area contributed by atoms with Crippen LogP contribution in [0.5, 0.6) is 5.75 Å². The van der Waals surface area contributed by atoms with Gasteiger partial charge in [0, 0.05) is 32.2 Å².